The monoisotopic (exact) mass is 228 g/mol. The number of ether oxygens (including phenoxy) is 1. The van der Waals surface area contributed by atoms with Crippen molar-refractivity contribution in [3.05, 3.63) is 53.9 Å². The van der Waals surface area contributed by atoms with Crippen LogP contribution in [-0.4, -0.2) is 11.5 Å². The molecule has 2 N–H and O–H groups in total. The fraction of sp³-hybridized carbons (Fsp3) is 0.214. The zero-order valence-electron chi connectivity index (χ0n) is 9.89. The first-order chi connectivity index (χ1) is 8.29. The van der Waals surface area contributed by atoms with Gasteiger partial charge in [-0.15, -0.1) is 0 Å². The second-order valence-electron chi connectivity index (χ2n) is 3.94. The number of rotatable bonds is 4. The van der Waals surface area contributed by atoms with Crippen LogP contribution in [0.5, 0.6) is 11.5 Å². The Morgan fingerprint density at radius 2 is 2.06 bits per heavy atom. The number of aryl methyl sites for hydroxylation is 1. The molecule has 0 saturated heterocycles. The molecule has 1 aromatic heterocycles. The molecule has 0 aliphatic heterocycles. The van der Waals surface area contributed by atoms with Gasteiger partial charge >= 0.3 is 0 Å². The highest BCUT2D eigenvalue weighted by atomic mass is 16.5. The van der Waals surface area contributed by atoms with Gasteiger partial charge in [-0.1, -0.05) is 18.2 Å². The zero-order chi connectivity index (χ0) is 12.1. The molecule has 0 amide bonds. The Balaban J connectivity index is 2.18. The maximum Gasteiger partial charge on any atom is 0.145 e. The van der Waals surface area contributed by atoms with Gasteiger partial charge in [-0.3, -0.25) is 4.98 Å². The van der Waals surface area contributed by atoms with E-state index in [9.17, 15) is 0 Å². The summed E-state index contributed by atoms with van der Waals surface area (Å²) in [7, 11) is 0. The van der Waals surface area contributed by atoms with Gasteiger partial charge < -0.3 is 10.5 Å². The lowest BCUT2D eigenvalue weighted by atomic mass is 10.2. The molecule has 0 fully saturated rings. The topological polar surface area (TPSA) is 48.1 Å². The van der Waals surface area contributed by atoms with Gasteiger partial charge in [-0.25, -0.2) is 0 Å². The molecule has 2 rings (SSSR count). The molecule has 0 radical (unpaired) electrons. The van der Waals surface area contributed by atoms with E-state index >= 15 is 0 Å². The van der Waals surface area contributed by atoms with Crippen molar-refractivity contribution in [2.45, 2.75) is 13.3 Å². The van der Waals surface area contributed by atoms with Gasteiger partial charge in [0.15, 0.2) is 0 Å². The fourth-order valence-corrected chi connectivity index (χ4v) is 1.62. The van der Waals surface area contributed by atoms with Gasteiger partial charge in [0.25, 0.3) is 0 Å². The van der Waals surface area contributed by atoms with E-state index in [0.29, 0.717) is 6.54 Å². The summed E-state index contributed by atoms with van der Waals surface area (Å²) >= 11 is 0. The lowest BCUT2D eigenvalue weighted by molar-refractivity contribution is 0.476. The summed E-state index contributed by atoms with van der Waals surface area (Å²) in [5.74, 6) is 1.62. The van der Waals surface area contributed by atoms with Crippen LogP contribution in [0.2, 0.25) is 0 Å². The van der Waals surface area contributed by atoms with Crippen molar-refractivity contribution >= 4 is 0 Å². The SMILES string of the molecule is Cc1ccccc1Oc1cncc(CCN)c1. The summed E-state index contributed by atoms with van der Waals surface area (Å²) in [5, 5.41) is 0. The molecule has 1 heterocycles. The second kappa shape index (κ2) is 5.46. The summed E-state index contributed by atoms with van der Waals surface area (Å²) < 4.78 is 5.79. The number of pyridine rings is 1. The van der Waals surface area contributed by atoms with Crippen molar-refractivity contribution in [1.82, 2.24) is 4.98 Å². The average molecular weight is 228 g/mol. The predicted molar refractivity (Wildman–Crippen MR) is 68.2 cm³/mol. The van der Waals surface area contributed by atoms with Crippen LogP contribution in [0.4, 0.5) is 0 Å². The van der Waals surface area contributed by atoms with E-state index < -0.39 is 0 Å². The molecule has 88 valence electrons. The number of nitrogens with zero attached hydrogens (tertiary/aromatic N) is 1. The Morgan fingerprint density at radius 3 is 2.82 bits per heavy atom. The van der Waals surface area contributed by atoms with Crippen molar-refractivity contribution in [3.8, 4) is 11.5 Å². The quantitative estimate of drug-likeness (QED) is 0.875. The van der Waals surface area contributed by atoms with Crippen LogP contribution in [0, 0.1) is 6.92 Å². The van der Waals surface area contributed by atoms with Crippen molar-refractivity contribution in [1.29, 1.82) is 0 Å². The van der Waals surface area contributed by atoms with E-state index in [4.69, 9.17) is 10.5 Å². The summed E-state index contributed by atoms with van der Waals surface area (Å²) in [4.78, 5) is 4.15. The highest BCUT2D eigenvalue weighted by Gasteiger charge is 2.01. The molecule has 0 aliphatic carbocycles. The number of para-hydroxylation sites is 1. The lowest BCUT2D eigenvalue weighted by Gasteiger charge is -2.08. The Morgan fingerprint density at radius 1 is 1.24 bits per heavy atom. The van der Waals surface area contributed by atoms with Crippen LogP contribution < -0.4 is 10.5 Å². The Hall–Kier alpha value is -1.87. The van der Waals surface area contributed by atoms with Gasteiger partial charge in [0, 0.05) is 6.20 Å². The predicted octanol–water partition coefficient (Wildman–Crippen LogP) is 2.68. The standard InChI is InChI=1S/C14H16N2O/c1-11-4-2-3-5-14(11)17-13-8-12(6-7-15)9-16-10-13/h2-5,8-10H,6-7,15H2,1H3. The number of hydrogen-bond acceptors (Lipinski definition) is 3. The van der Waals surface area contributed by atoms with E-state index in [2.05, 4.69) is 4.98 Å². The number of nitrogens with two attached hydrogens (primary N) is 1. The molecule has 3 heteroatoms. The van der Waals surface area contributed by atoms with E-state index in [1.165, 1.54) is 0 Å². The van der Waals surface area contributed by atoms with Crippen LogP contribution in [-0.2, 0) is 6.42 Å². The summed E-state index contributed by atoms with van der Waals surface area (Å²) in [6, 6.07) is 9.90. The molecule has 1 aromatic carbocycles. The van der Waals surface area contributed by atoms with Gasteiger partial charge in [-0.2, -0.15) is 0 Å². The van der Waals surface area contributed by atoms with Crippen LogP contribution in [0.1, 0.15) is 11.1 Å². The maximum absolute atomic E-state index is 5.79. The Labute approximate surface area is 101 Å². The lowest BCUT2D eigenvalue weighted by Crippen LogP contribution is -2.03. The molecule has 0 unspecified atom stereocenters. The van der Waals surface area contributed by atoms with Crippen LogP contribution >= 0.6 is 0 Å². The smallest absolute Gasteiger partial charge is 0.145 e. The minimum absolute atomic E-state index is 0.621. The molecule has 0 atom stereocenters. The molecular formula is C14H16N2O. The summed E-state index contributed by atoms with van der Waals surface area (Å²) in [6.45, 7) is 2.64. The first-order valence-electron chi connectivity index (χ1n) is 5.67. The normalized spacial score (nSPS) is 10.2. The Bertz CT molecular complexity index is 497. The first-order valence-corrected chi connectivity index (χ1v) is 5.67. The largest absolute Gasteiger partial charge is 0.455 e. The van der Waals surface area contributed by atoms with Gasteiger partial charge in [0.2, 0.25) is 0 Å². The summed E-state index contributed by atoms with van der Waals surface area (Å²) in [6.07, 6.45) is 4.35. The van der Waals surface area contributed by atoms with Crippen molar-refractivity contribution in [3.63, 3.8) is 0 Å². The number of aromatic nitrogens is 1. The first kappa shape index (κ1) is 11.6. The number of hydrogen-bond donors (Lipinski definition) is 1. The van der Waals surface area contributed by atoms with Crippen molar-refractivity contribution in [2.24, 2.45) is 5.73 Å². The molecule has 3 nitrogen and oxygen atoms in total. The van der Waals surface area contributed by atoms with Crippen LogP contribution in [0.25, 0.3) is 0 Å². The molecule has 0 bridgehead atoms. The molecule has 0 saturated carbocycles. The van der Waals surface area contributed by atoms with Gasteiger partial charge in [0.1, 0.15) is 11.5 Å². The summed E-state index contributed by atoms with van der Waals surface area (Å²) in [5.41, 5.74) is 7.72. The third-order valence-corrected chi connectivity index (χ3v) is 2.52. The van der Waals surface area contributed by atoms with E-state index in [1.807, 2.05) is 43.5 Å². The molecule has 0 aliphatic rings. The maximum atomic E-state index is 5.79. The molecule has 17 heavy (non-hydrogen) atoms. The number of benzene rings is 1. The van der Waals surface area contributed by atoms with E-state index in [1.54, 1.807) is 6.20 Å². The minimum Gasteiger partial charge on any atom is -0.455 e. The molecular weight excluding hydrogens is 212 g/mol. The molecule has 2 aromatic rings. The van der Waals surface area contributed by atoms with Gasteiger partial charge in [0.05, 0.1) is 6.20 Å². The zero-order valence-corrected chi connectivity index (χ0v) is 9.89. The Kier molecular flexibility index (Phi) is 3.73. The van der Waals surface area contributed by atoms with Crippen molar-refractivity contribution in [2.75, 3.05) is 6.54 Å². The van der Waals surface area contributed by atoms with Crippen molar-refractivity contribution < 1.29 is 4.74 Å². The third-order valence-electron chi connectivity index (χ3n) is 2.52. The highest BCUT2D eigenvalue weighted by molar-refractivity contribution is 5.36. The van der Waals surface area contributed by atoms with Crippen LogP contribution in [0.15, 0.2) is 42.7 Å². The van der Waals surface area contributed by atoms with Crippen LogP contribution in [0.3, 0.4) is 0 Å². The second-order valence-corrected chi connectivity index (χ2v) is 3.94. The average Bonchev–Trinajstić information content (AvgIpc) is 2.33. The molecule has 0 spiro atoms. The third kappa shape index (κ3) is 3.04. The van der Waals surface area contributed by atoms with E-state index in [-0.39, 0.29) is 0 Å². The fourth-order valence-electron chi connectivity index (χ4n) is 1.62. The van der Waals surface area contributed by atoms with E-state index in [0.717, 1.165) is 29.0 Å². The van der Waals surface area contributed by atoms with Gasteiger partial charge in [-0.05, 0) is 43.1 Å². The minimum atomic E-state index is 0.621. The highest BCUT2D eigenvalue weighted by Crippen LogP contribution is 2.24.